The number of hydrogen-bond donors (Lipinski definition) is 2. The Morgan fingerprint density at radius 3 is 1.33 bits per heavy atom. The van der Waals surface area contributed by atoms with Gasteiger partial charge in [-0.1, -0.05) is 71.4 Å². The molecule has 4 atom stereocenters. The minimum atomic E-state index is 0.166. The molecule has 0 fully saturated rings. The molecule has 14 heteroatoms. The van der Waals surface area contributed by atoms with Crippen molar-refractivity contribution in [2.45, 2.75) is 245 Å². The molecule has 2 N–H and O–H groups in total. The molecule has 0 saturated heterocycles. The maximum atomic E-state index is 12.8. The van der Waals surface area contributed by atoms with Crippen LogP contribution in [-0.4, -0.2) is 59.0 Å². The maximum Gasteiger partial charge on any atom is 0.219 e. The monoisotopic (exact) mass is 1250 g/mol. The van der Waals surface area contributed by atoms with Crippen LogP contribution in [0, 0.1) is 13.8 Å². The van der Waals surface area contributed by atoms with Crippen LogP contribution in [0.15, 0.2) is 159 Å². The van der Waals surface area contributed by atoms with E-state index in [4.69, 9.17) is 0 Å². The zero-order valence-corrected chi connectivity index (χ0v) is 56.5. The molecule has 0 aromatic carbocycles. The first-order valence-electron chi connectivity index (χ1n) is 35.4. The lowest BCUT2D eigenvalue weighted by atomic mass is 9.75. The summed E-state index contributed by atoms with van der Waals surface area (Å²) in [6.45, 7) is 17.3. The van der Waals surface area contributed by atoms with Crippen LogP contribution in [0.5, 0.6) is 0 Å². The fraction of sp³-hybridized carbons (Fsp3) is 0.513. The van der Waals surface area contributed by atoms with Crippen molar-refractivity contribution in [2.75, 3.05) is 13.1 Å². The molecular formula is C78H109N12O2+3. The maximum absolute atomic E-state index is 12.8. The Kier molecular flexibility index (Phi) is 30.2. The molecule has 0 bridgehead atoms. The van der Waals surface area contributed by atoms with Crippen molar-refractivity contribution in [3.63, 3.8) is 0 Å². The molecule has 0 aliphatic carbocycles. The van der Waals surface area contributed by atoms with Gasteiger partial charge in [-0.2, -0.15) is 0 Å². The summed E-state index contributed by atoms with van der Waals surface area (Å²) < 4.78 is 11.4. The predicted octanol–water partition coefficient (Wildman–Crippen LogP) is 15.6. The van der Waals surface area contributed by atoms with E-state index in [0.717, 1.165) is 196 Å². The second kappa shape index (κ2) is 39.6. The number of rotatable bonds is 44. The Labute approximate surface area is 551 Å². The summed E-state index contributed by atoms with van der Waals surface area (Å²) in [6, 6.07) is 30.8. The van der Waals surface area contributed by atoms with Crippen LogP contribution in [0.3, 0.4) is 0 Å². The lowest BCUT2D eigenvalue weighted by Crippen LogP contribution is -2.33. The average Bonchev–Trinajstić information content (AvgIpc) is 1.63. The van der Waals surface area contributed by atoms with Crippen LogP contribution in [-0.2, 0) is 42.3 Å². The number of amides is 2. The van der Waals surface area contributed by atoms with Gasteiger partial charge in [0.1, 0.15) is 31.0 Å². The molecular weight excluding hydrogens is 1140 g/mol. The molecule has 4 unspecified atom stereocenters. The first kappa shape index (κ1) is 70.1. The molecule has 92 heavy (non-hydrogen) atoms. The van der Waals surface area contributed by atoms with Crippen LogP contribution in [0.1, 0.15) is 232 Å². The largest absolute Gasteiger partial charge is 0.356 e. The van der Waals surface area contributed by atoms with Gasteiger partial charge in [0, 0.05) is 143 Å². The Bertz CT molecular complexity index is 3340. The van der Waals surface area contributed by atoms with Gasteiger partial charge in [0.25, 0.3) is 0 Å². The second-order valence-electron chi connectivity index (χ2n) is 25.9. The highest BCUT2D eigenvalue weighted by atomic mass is 16.2. The van der Waals surface area contributed by atoms with E-state index in [-0.39, 0.29) is 11.8 Å². The van der Waals surface area contributed by atoms with E-state index in [1.807, 2.05) is 87.4 Å². The summed E-state index contributed by atoms with van der Waals surface area (Å²) in [6.07, 6.45) is 50.4. The summed E-state index contributed by atoms with van der Waals surface area (Å²) in [7, 11) is 0. The lowest BCUT2D eigenvalue weighted by molar-refractivity contribution is -0.697. The SMILES string of the molecule is CCCCCC[n+]1ccc(C(C)CC(CC(CC(CC)c2cc[n+](CCCCCC(=O)NCCCCCCn3ccnc3-c3cccc(C)n3)cc2)c2cc[n+](CCCCCC(=O)NCCCCCCn3ccnc3-c3cccc(C)n3)cc2)c2ccncc2)cc1. The minimum absolute atomic E-state index is 0.166. The topological polar surface area (TPSA) is 144 Å². The zero-order chi connectivity index (χ0) is 64.4. The molecule has 0 aliphatic heterocycles. The van der Waals surface area contributed by atoms with Crippen molar-refractivity contribution >= 4 is 11.8 Å². The van der Waals surface area contributed by atoms with Crippen molar-refractivity contribution < 1.29 is 23.3 Å². The fourth-order valence-corrected chi connectivity index (χ4v) is 13.1. The molecule has 8 rings (SSSR count). The van der Waals surface area contributed by atoms with E-state index in [0.29, 0.717) is 36.5 Å². The number of carbonyl (C=O) groups is 2. The van der Waals surface area contributed by atoms with Crippen LogP contribution < -0.4 is 24.3 Å². The second-order valence-corrected chi connectivity index (χ2v) is 25.9. The van der Waals surface area contributed by atoms with Crippen LogP contribution in [0.25, 0.3) is 23.0 Å². The van der Waals surface area contributed by atoms with Crippen molar-refractivity contribution in [1.82, 2.24) is 44.7 Å². The summed E-state index contributed by atoms with van der Waals surface area (Å²) in [5.74, 6) is 3.68. The molecule has 490 valence electrons. The van der Waals surface area contributed by atoms with Gasteiger partial charge in [-0.05, 0) is 180 Å². The van der Waals surface area contributed by atoms with Crippen molar-refractivity contribution in [3.8, 4) is 23.0 Å². The van der Waals surface area contributed by atoms with Crippen LogP contribution >= 0.6 is 0 Å². The van der Waals surface area contributed by atoms with Gasteiger partial charge in [0.15, 0.2) is 48.8 Å². The first-order chi connectivity index (χ1) is 45.1. The zero-order valence-electron chi connectivity index (χ0n) is 56.5. The molecule has 2 amide bonds. The molecule has 8 aromatic heterocycles. The Hall–Kier alpha value is -7.74. The van der Waals surface area contributed by atoms with Gasteiger partial charge in [-0.15, -0.1) is 0 Å². The lowest BCUT2D eigenvalue weighted by Gasteiger charge is -2.29. The fourth-order valence-electron chi connectivity index (χ4n) is 13.1. The number of hydrogen-bond acceptors (Lipinski definition) is 7. The molecule has 8 heterocycles. The highest BCUT2D eigenvalue weighted by Gasteiger charge is 2.27. The smallest absolute Gasteiger partial charge is 0.219 e. The molecule has 14 nitrogen and oxygen atoms in total. The van der Waals surface area contributed by atoms with Gasteiger partial charge < -0.3 is 19.8 Å². The van der Waals surface area contributed by atoms with E-state index >= 15 is 0 Å². The third kappa shape index (κ3) is 24.1. The van der Waals surface area contributed by atoms with E-state index in [9.17, 15) is 9.59 Å². The highest BCUT2D eigenvalue weighted by molar-refractivity contribution is 5.76. The Morgan fingerprint density at radius 1 is 0.446 bits per heavy atom. The van der Waals surface area contributed by atoms with E-state index in [2.05, 4.69) is 165 Å². The van der Waals surface area contributed by atoms with Crippen molar-refractivity contribution in [2.24, 2.45) is 0 Å². The van der Waals surface area contributed by atoms with E-state index in [1.54, 1.807) is 0 Å². The van der Waals surface area contributed by atoms with Crippen molar-refractivity contribution in [3.05, 3.63) is 193 Å². The summed E-state index contributed by atoms with van der Waals surface area (Å²) in [5.41, 5.74) is 9.40. The Balaban J connectivity index is 0.782. The molecule has 0 spiro atoms. The number of unbranched alkanes of at least 4 members (excludes halogenated alkanes) is 13. The molecule has 0 radical (unpaired) electrons. The number of carbonyl (C=O) groups excluding carboxylic acids is 2. The van der Waals surface area contributed by atoms with Gasteiger partial charge in [-0.3, -0.25) is 14.6 Å². The average molecular weight is 1250 g/mol. The van der Waals surface area contributed by atoms with Gasteiger partial charge in [-0.25, -0.2) is 33.6 Å². The number of aryl methyl sites for hydroxylation is 7. The normalized spacial score (nSPS) is 12.8. The van der Waals surface area contributed by atoms with Crippen LogP contribution in [0.2, 0.25) is 0 Å². The first-order valence-corrected chi connectivity index (χ1v) is 35.4. The van der Waals surface area contributed by atoms with Crippen molar-refractivity contribution in [1.29, 1.82) is 0 Å². The number of aromatic nitrogens is 10. The Morgan fingerprint density at radius 2 is 0.859 bits per heavy atom. The number of nitrogens with one attached hydrogen (secondary N) is 2. The molecule has 0 saturated carbocycles. The molecule has 8 aromatic rings. The van der Waals surface area contributed by atoms with Gasteiger partial charge in [0.2, 0.25) is 11.8 Å². The number of nitrogens with zero attached hydrogens (tertiary/aromatic N) is 10. The summed E-state index contributed by atoms with van der Waals surface area (Å²) in [4.78, 5) is 48.4. The summed E-state index contributed by atoms with van der Waals surface area (Å²) >= 11 is 0. The van der Waals surface area contributed by atoms with E-state index < -0.39 is 0 Å². The van der Waals surface area contributed by atoms with E-state index in [1.165, 1.54) is 47.9 Å². The standard InChI is InChI=1S/C78H107N12O2/c1-6-8-9-20-47-86-52-35-67(36-53-86)63(3)60-71(68-33-43-79-44-34-68)62-72(70-39-56-88(57-40-70)49-22-15-17-32-76(92)81-42-19-11-13-24-51-90-59-46-83-78(90)74-30-26-28-65(5)85-74)61-66(7-2)69-37-54-87(55-38-69)48-21-14-16-31-75(91)80-41-18-10-12-23-50-89-58-45-82-77(89)73-29-25-27-64(4)84-73/h25-30,33-40,43-46,52-59,63,66,71-72H,6-24,31-32,41-42,47-51,60-62H2,1-5H3/q+1/p+2. The number of imidazole rings is 2. The third-order valence-electron chi connectivity index (χ3n) is 18.6. The quantitative estimate of drug-likeness (QED) is 0.0286. The minimum Gasteiger partial charge on any atom is -0.356 e. The highest BCUT2D eigenvalue weighted by Crippen LogP contribution is 2.42. The summed E-state index contributed by atoms with van der Waals surface area (Å²) in [5, 5.41) is 6.34. The van der Waals surface area contributed by atoms with Gasteiger partial charge in [0.05, 0.1) is 0 Å². The molecule has 0 aliphatic rings. The predicted molar refractivity (Wildman–Crippen MR) is 369 cm³/mol. The van der Waals surface area contributed by atoms with Crippen LogP contribution in [0.4, 0.5) is 0 Å². The van der Waals surface area contributed by atoms with Gasteiger partial charge >= 0.3 is 0 Å². The third-order valence-corrected chi connectivity index (χ3v) is 18.6. The number of pyridine rings is 6.